The lowest BCUT2D eigenvalue weighted by Crippen LogP contribution is -2.41. The van der Waals surface area contributed by atoms with Crippen molar-refractivity contribution in [3.63, 3.8) is 0 Å². The summed E-state index contributed by atoms with van der Waals surface area (Å²) in [5, 5.41) is 8.77. The molecule has 7 heteroatoms. The zero-order valence-corrected chi connectivity index (χ0v) is 15.1. The Hall–Kier alpha value is -1.57. The van der Waals surface area contributed by atoms with Crippen LogP contribution in [0.2, 0.25) is 0 Å². The van der Waals surface area contributed by atoms with Gasteiger partial charge in [-0.1, -0.05) is 0 Å². The summed E-state index contributed by atoms with van der Waals surface area (Å²) < 4.78 is 22.9. The fraction of sp³-hybridized carbons (Fsp3) is 0.588. The van der Waals surface area contributed by atoms with E-state index in [4.69, 9.17) is 23.9 Å². The summed E-state index contributed by atoms with van der Waals surface area (Å²) in [6.45, 7) is 9.70. The highest BCUT2D eigenvalue weighted by atomic mass is 16.7. The molecule has 0 bridgehead atoms. The lowest BCUT2D eigenvalue weighted by Gasteiger charge is -2.32. The van der Waals surface area contributed by atoms with E-state index in [2.05, 4.69) is 0 Å². The van der Waals surface area contributed by atoms with Gasteiger partial charge in [0.2, 0.25) is 0 Å². The number of hydrogen-bond donors (Lipinski definition) is 1. The number of carbonyl (C=O) groups is 1. The van der Waals surface area contributed by atoms with Crippen LogP contribution in [0.15, 0.2) is 12.1 Å². The predicted octanol–water partition coefficient (Wildman–Crippen LogP) is 1.90. The Balaban J connectivity index is 2.36. The highest BCUT2D eigenvalue weighted by molar-refractivity contribution is 6.63. The van der Waals surface area contributed by atoms with Crippen LogP contribution in [0, 0.1) is 6.92 Å². The van der Waals surface area contributed by atoms with Crippen LogP contribution < -0.4 is 10.2 Å². The first-order valence-corrected chi connectivity index (χ1v) is 7.90. The number of aliphatic carboxylic acids is 1. The predicted molar refractivity (Wildman–Crippen MR) is 90.7 cm³/mol. The van der Waals surface area contributed by atoms with Gasteiger partial charge in [0.15, 0.2) is 0 Å². The molecule has 0 aromatic heterocycles. The van der Waals surface area contributed by atoms with Crippen LogP contribution >= 0.6 is 0 Å². The van der Waals surface area contributed by atoms with E-state index in [1.165, 1.54) is 0 Å². The molecule has 132 valence electrons. The van der Waals surface area contributed by atoms with Crippen molar-refractivity contribution in [3.05, 3.63) is 23.3 Å². The van der Waals surface area contributed by atoms with Gasteiger partial charge in [0, 0.05) is 0 Å². The molecule has 1 aliphatic heterocycles. The van der Waals surface area contributed by atoms with E-state index in [-0.39, 0.29) is 13.2 Å². The minimum atomic E-state index is -1.01. The number of hydrogen-bond acceptors (Lipinski definition) is 5. The number of aryl methyl sites for hydroxylation is 1. The first kappa shape index (κ1) is 18.8. The van der Waals surface area contributed by atoms with Crippen molar-refractivity contribution in [1.82, 2.24) is 0 Å². The maximum atomic E-state index is 10.7. The number of rotatable bonds is 6. The zero-order chi connectivity index (χ0) is 18.1. The number of carboxylic acid groups (broad SMARTS) is 1. The van der Waals surface area contributed by atoms with Gasteiger partial charge in [0.25, 0.3) is 0 Å². The second-order valence-corrected chi connectivity index (χ2v) is 6.99. The summed E-state index contributed by atoms with van der Waals surface area (Å²) >= 11 is 0. The van der Waals surface area contributed by atoms with Crippen LogP contribution in [0.25, 0.3) is 0 Å². The topological polar surface area (TPSA) is 74.2 Å². The van der Waals surface area contributed by atoms with Crippen molar-refractivity contribution in [1.29, 1.82) is 0 Å². The van der Waals surface area contributed by atoms with Gasteiger partial charge < -0.3 is 23.9 Å². The van der Waals surface area contributed by atoms with Gasteiger partial charge in [-0.15, -0.1) is 0 Å². The number of carboxylic acids is 1. The molecule has 1 aliphatic rings. The highest BCUT2D eigenvalue weighted by Crippen LogP contribution is 2.37. The van der Waals surface area contributed by atoms with Crippen molar-refractivity contribution in [3.8, 4) is 5.75 Å². The van der Waals surface area contributed by atoms with Crippen LogP contribution in [0.4, 0.5) is 0 Å². The fourth-order valence-electron chi connectivity index (χ4n) is 2.62. The molecule has 0 aliphatic carbocycles. The number of benzene rings is 1. The minimum absolute atomic E-state index is 0.143. The quantitative estimate of drug-likeness (QED) is 0.800. The molecule has 1 aromatic carbocycles. The number of ether oxygens (including phenoxy) is 2. The molecule has 2 rings (SSSR count). The van der Waals surface area contributed by atoms with E-state index in [1.807, 2.05) is 46.8 Å². The summed E-state index contributed by atoms with van der Waals surface area (Å²) in [4.78, 5) is 10.7. The van der Waals surface area contributed by atoms with Crippen molar-refractivity contribution in [2.75, 3.05) is 13.7 Å². The third kappa shape index (κ3) is 3.74. The van der Waals surface area contributed by atoms with Crippen molar-refractivity contribution in [2.45, 2.75) is 52.4 Å². The second-order valence-electron chi connectivity index (χ2n) is 6.99. The Labute approximate surface area is 143 Å². The van der Waals surface area contributed by atoms with E-state index in [0.29, 0.717) is 5.75 Å². The van der Waals surface area contributed by atoms with Crippen molar-refractivity contribution < 1.29 is 28.7 Å². The third-order valence-electron chi connectivity index (χ3n) is 4.65. The summed E-state index contributed by atoms with van der Waals surface area (Å²) in [5.74, 6) is -0.325. The molecule has 0 spiro atoms. The molecule has 1 heterocycles. The largest absolute Gasteiger partial charge is 0.497 e. The molecule has 0 atom stereocenters. The Morgan fingerprint density at radius 3 is 2.29 bits per heavy atom. The molecule has 0 amide bonds. The summed E-state index contributed by atoms with van der Waals surface area (Å²) in [6.07, 6.45) is 0. The van der Waals surface area contributed by atoms with Gasteiger partial charge in [-0.25, -0.2) is 4.79 Å². The van der Waals surface area contributed by atoms with Crippen molar-refractivity contribution >= 4 is 18.6 Å². The standard InChI is InChI=1S/C17H25BO6/c1-11-7-13(21-6)8-12(9-22-10-14(19)20)15(11)18-23-16(2,3)17(4,5)24-18/h7-8H,9-10H2,1-6H3,(H,19,20). The molecule has 24 heavy (non-hydrogen) atoms. The number of methoxy groups -OCH3 is 1. The molecular formula is C17H25BO6. The SMILES string of the molecule is COc1cc(C)c(B2OC(C)(C)C(C)(C)O2)c(COCC(=O)O)c1. The third-order valence-corrected chi connectivity index (χ3v) is 4.65. The van der Waals surface area contributed by atoms with Crippen LogP contribution in [0.5, 0.6) is 5.75 Å². The van der Waals surface area contributed by atoms with Gasteiger partial charge in [-0.3, -0.25) is 0 Å². The molecule has 0 radical (unpaired) electrons. The average molecular weight is 336 g/mol. The Morgan fingerprint density at radius 1 is 1.21 bits per heavy atom. The molecule has 1 aromatic rings. The van der Waals surface area contributed by atoms with E-state index < -0.39 is 24.3 Å². The Bertz CT molecular complexity index is 610. The van der Waals surface area contributed by atoms with E-state index in [0.717, 1.165) is 16.6 Å². The Kier molecular flexibility index (Phi) is 5.27. The second kappa shape index (κ2) is 6.74. The van der Waals surface area contributed by atoms with Gasteiger partial charge >= 0.3 is 13.1 Å². The van der Waals surface area contributed by atoms with E-state index in [1.54, 1.807) is 7.11 Å². The van der Waals surface area contributed by atoms with Gasteiger partial charge in [0.05, 0.1) is 24.9 Å². The Morgan fingerprint density at radius 2 is 1.79 bits per heavy atom. The molecule has 0 saturated carbocycles. The lowest BCUT2D eigenvalue weighted by molar-refractivity contribution is -0.142. The molecule has 0 unspecified atom stereocenters. The molecule has 1 N–H and O–H groups in total. The molecular weight excluding hydrogens is 311 g/mol. The normalized spacial score (nSPS) is 18.7. The van der Waals surface area contributed by atoms with Crippen LogP contribution in [0.1, 0.15) is 38.8 Å². The highest BCUT2D eigenvalue weighted by Gasteiger charge is 2.52. The van der Waals surface area contributed by atoms with E-state index in [9.17, 15) is 4.79 Å². The molecule has 1 saturated heterocycles. The molecule has 6 nitrogen and oxygen atoms in total. The fourth-order valence-corrected chi connectivity index (χ4v) is 2.62. The van der Waals surface area contributed by atoms with Gasteiger partial charge in [-0.2, -0.15) is 0 Å². The first-order chi connectivity index (χ1) is 11.1. The van der Waals surface area contributed by atoms with Crippen LogP contribution in [-0.2, 0) is 25.4 Å². The first-order valence-electron chi connectivity index (χ1n) is 7.90. The van der Waals surface area contributed by atoms with Crippen LogP contribution in [-0.4, -0.2) is 43.1 Å². The smallest absolute Gasteiger partial charge is 0.495 e. The molecule has 1 fully saturated rings. The van der Waals surface area contributed by atoms with Crippen molar-refractivity contribution in [2.24, 2.45) is 0 Å². The van der Waals surface area contributed by atoms with Gasteiger partial charge in [-0.05, 0) is 63.3 Å². The monoisotopic (exact) mass is 336 g/mol. The average Bonchev–Trinajstić information content (AvgIpc) is 2.65. The summed E-state index contributed by atoms with van der Waals surface area (Å²) in [6, 6.07) is 3.73. The summed E-state index contributed by atoms with van der Waals surface area (Å²) in [7, 11) is 1.05. The zero-order valence-electron chi connectivity index (χ0n) is 15.1. The lowest BCUT2D eigenvalue weighted by atomic mass is 9.73. The van der Waals surface area contributed by atoms with Gasteiger partial charge in [0.1, 0.15) is 12.4 Å². The van der Waals surface area contributed by atoms with E-state index >= 15 is 0 Å². The maximum Gasteiger partial charge on any atom is 0.495 e. The minimum Gasteiger partial charge on any atom is -0.497 e. The van der Waals surface area contributed by atoms with Crippen LogP contribution in [0.3, 0.4) is 0 Å². The summed E-state index contributed by atoms with van der Waals surface area (Å²) in [5.41, 5.74) is 1.69. The maximum absolute atomic E-state index is 10.7.